The molecule has 144 valence electrons. The van der Waals surface area contributed by atoms with E-state index >= 15 is 0 Å². The van der Waals surface area contributed by atoms with E-state index in [1.54, 1.807) is 0 Å². The number of nitrogens with one attached hydrogen (secondary N) is 2. The van der Waals surface area contributed by atoms with E-state index < -0.39 is 0 Å². The minimum atomic E-state index is -0.188. The van der Waals surface area contributed by atoms with Crippen molar-refractivity contribution in [3.05, 3.63) is 29.8 Å². The number of rotatable bonds is 7. The molecule has 1 atom stereocenters. The Morgan fingerprint density at radius 2 is 1.65 bits per heavy atom. The van der Waals surface area contributed by atoms with Crippen LogP contribution in [-0.2, 0) is 16.0 Å². The summed E-state index contributed by atoms with van der Waals surface area (Å²) in [6, 6.07) is 7.97. The van der Waals surface area contributed by atoms with Crippen LogP contribution in [0, 0.1) is 0 Å². The molecular formula is C20H32N4O2. The average molecular weight is 361 g/mol. The van der Waals surface area contributed by atoms with Gasteiger partial charge in [-0.2, -0.15) is 0 Å². The molecule has 0 aliphatic carbocycles. The first-order valence-electron chi connectivity index (χ1n) is 9.54. The second-order valence-corrected chi connectivity index (χ2v) is 7.25. The van der Waals surface area contributed by atoms with E-state index in [2.05, 4.69) is 27.4 Å². The maximum Gasteiger partial charge on any atom is 0.241 e. The monoisotopic (exact) mass is 360 g/mol. The van der Waals surface area contributed by atoms with E-state index in [4.69, 9.17) is 0 Å². The van der Waals surface area contributed by atoms with Gasteiger partial charge in [0.25, 0.3) is 0 Å². The van der Waals surface area contributed by atoms with E-state index in [1.165, 1.54) is 5.56 Å². The van der Waals surface area contributed by atoms with Crippen LogP contribution < -0.4 is 10.6 Å². The summed E-state index contributed by atoms with van der Waals surface area (Å²) in [5.74, 6) is 0.0787. The molecule has 1 saturated heterocycles. The van der Waals surface area contributed by atoms with Gasteiger partial charge in [-0.15, -0.1) is 0 Å². The molecule has 1 aliphatic heterocycles. The van der Waals surface area contributed by atoms with Crippen molar-refractivity contribution in [1.82, 2.24) is 15.1 Å². The van der Waals surface area contributed by atoms with Crippen LogP contribution in [0.3, 0.4) is 0 Å². The van der Waals surface area contributed by atoms with Crippen molar-refractivity contribution in [3.8, 4) is 0 Å². The second-order valence-electron chi connectivity index (χ2n) is 7.25. The molecule has 1 aliphatic rings. The van der Waals surface area contributed by atoms with Gasteiger partial charge in [0.1, 0.15) is 0 Å². The minimum Gasteiger partial charge on any atom is -0.353 e. The number of carbonyl (C=O) groups excluding carboxylic acids is 2. The summed E-state index contributed by atoms with van der Waals surface area (Å²) >= 11 is 0. The molecule has 1 heterocycles. The zero-order chi connectivity index (χ0) is 19.1. The molecular weight excluding hydrogens is 328 g/mol. The van der Waals surface area contributed by atoms with Gasteiger partial charge in [-0.05, 0) is 44.9 Å². The van der Waals surface area contributed by atoms with Crippen molar-refractivity contribution < 1.29 is 9.59 Å². The third-order valence-electron chi connectivity index (χ3n) is 4.78. The summed E-state index contributed by atoms with van der Waals surface area (Å²) in [4.78, 5) is 28.7. The number of carbonyl (C=O) groups is 2. The lowest BCUT2D eigenvalue weighted by molar-refractivity contribution is -0.125. The molecule has 0 radical (unpaired) electrons. The molecule has 1 fully saturated rings. The van der Waals surface area contributed by atoms with E-state index in [9.17, 15) is 9.59 Å². The molecule has 6 heteroatoms. The third-order valence-corrected chi connectivity index (χ3v) is 4.78. The highest BCUT2D eigenvalue weighted by atomic mass is 16.2. The normalized spacial score (nSPS) is 17.1. The Bertz CT molecular complexity index is 592. The van der Waals surface area contributed by atoms with Crippen molar-refractivity contribution in [1.29, 1.82) is 0 Å². The zero-order valence-electron chi connectivity index (χ0n) is 16.4. The van der Waals surface area contributed by atoms with Crippen molar-refractivity contribution in [3.63, 3.8) is 0 Å². The molecule has 0 aromatic heterocycles. The number of aryl methyl sites for hydroxylation is 1. The average Bonchev–Trinajstić information content (AvgIpc) is 2.61. The van der Waals surface area contributed by atoms with E-state index in [-0.39, 0.29) is 23.9 Å². The lowest BCUT2D eigenvalue weighted by Gasteiger charge is -2.37. The Kier molecular flexibility index (Phi) is 7.60. The molecule has 0 bridgehead atoms. The Balaban J connectivity index is 1.78. The molecule has 2 rings (SSSR count). The zero-order valence-corrected chi connectivity index (χ0v) is 16.4. The molecule has 2 N–H and O–H groups in total. The predicted molar refractivity (Wildman–Crippen MR) is 105 cm³/mol. The smallest absolute Gasteiger partial charge is 0.241 e. The molecule has 2 amide bonds. The van der Waals surface area contributed by atoms with Gasteiger partial charge in [0, 0.05) is 37.9 Å². The molecule has 1 aromatic carbocycles. The number of benzene rings is 1. The van der Waals surface area contributed by atoms with Crippen LogP contribution in [0.2, 0.25) is 0 Å². The highest BCUT2D eigenvalue weighted by Gasteiger charge is 2.26. The quantitative estimate of drug-likeness (QED) is 0.777. The fraction of sp³-hybridized carbons (Fsp3) is 0.600. The molecule has 1 aromatic rings. The van der Waals surface area contributed by atoms with Crippen molar-refractivity contribution in [2.24, 2.45) is 0 Å². The molecule has 1 unspecified atom stereocenters. The van der Waals surface area contributed by atoms with Gasteiger partial charge in [-0.25, -0.2) is 0 Å². The Hall–Kier alpha value is -1.92. The van der Waals surface area contributed by atoms with Crippen molar-refractivity contribution >= 4 is 17.5 Å². The highest BCUT2D eigenvalue weighted by Crippen LogP contribution is 2.12. The summed E-state index contributed by atoms with van der Waals surface area (Å²) in [6.07, 6.45) is 0.990. The number of nitrogens with zero attached hydrogens (tertiary/aromatic N) is 2. The van der Waals surface area contributed by atoms with E-state index in [1.807, 2.05) is 45.0 Å². The van der Waals surface area contributed by atoms with Gasteiger partial charge >= 0.3 is 0 Å². The van der Waals surface area contributed by atoms with Crippen LogP contribution in [-0.4, -0.2) is 66.4 Å². The molecule has 6 nitrogen and oxygen atoms in total. The van der Waals surface area contributed by atoms with Gasteiger partial charge in [0.2, 0.25) is 11.8 Å². The van der Waals surface area contributed by atoms with E-state index in [0.29, 0.717) is 6.54 Å². The van der Waals surface area contributed by atoms with Crippen LogP contribution in [0.4, 0.5) is 5.69 Å². The third kappa shape index (κ3) is 6.11. The maximum absolute atomic E-state index is 12.5. The van der Waals surface area contributed by atoms with Gasteiger partial charge in [-0.1, -0.05) is 19.1 Å². The molecule has 0 saturated carbocycles. The summed E-state index contributed by atoms with van der Waals surface area (Å²) in [6.45, 7) is 11.6. The van der Waals surface area contributed by atoms with Crippen molar-refractivity contribution in [2.75, 3.05) is 38.0 Å². The van der Waals surface area contributed by atoms with Crippen LogP contribution in [0.5, 0.6) is 0 Å². The fourth-order valence-electron chi connectivity index (χ4n) is 3.12. The number of hydrogen-bond donors (Lipinski definition) is 2. The first-order valence-corrected chi connectivity index (χ1v) is 9.54. The van der Waals surface area contributed by atoms with Crippen LogP contribution >= 0.6 is 0 Å². The van der Waals surface area contributed by atoms with Crippen LogP contribution in [0.1, 0.15) is 33.3 Å². The standard InChI is InChI=1S/C20H32N4O2/c1-5-17-6-8-18(9-7-17)22-20(26)16(4)24-12-10-23(11-13-24)14-19(25)21-15(2)3/h6-9,15-16H,5,10-14H2,1-4H3,(H,21,25)(H,22,26). The fourth-order valence-corrected chi connectivity index (χ4v) is 3.12. The van der Waals surface area contributed by atoms with E-state index in [0.717, 1.165) is 38.3 Å². The number of amides is 2. The van der Waals surface area contributed by atoms with Gasteiger partial charge < -0.3 is 10.6 Å². The maximum atomic E-state index is 12.5. The van der Waals surface area contributed by atoms with Crippen molar-refractivity contribution in [2.45, 2.75) is 46.2 Å². The summed E-state index contributed by atoms with van der Waals surface area (Å²) in [5, 5.41) is 5.92. The molecule has 26 heavy (non-hydrogen) atoms. The first-order chi connectivity index (χ1) is 12.4. The SMILES string of the molecule is CCc1ccc(NC(=O)C(C)N2CCN(CC(=O)NC(C)C)CC2)cc1. The molecule has 0 spiro atoms. The first kappa shape index (κ1) is 20.4. The topological polar surface area (TPSA) is 64.7 Å². The summed E-state index contributed by atoms with van der Waals surface area (Å²) in [7, 11) is 0. The Labute approximate surface area is 156 Å². The lowest BCUT2D eigenvalue weighted by Crippen LogP contribution is -2.54. The van der Waals surface area contributed by atoms with Gasteiger partial charge in [0.15, 0.2) is 0 Å². The van der Waals surface area contributed by atoms with Gasteiger partial charge in [-0.3, -0.25) is 19.4 Å². The second kappa shape index (κ2) is 9.69. The lowest BCUT2D eigenvalue weighted by atomic mass is 10.1. The van der Waals surface area contributed by atoms with Gasteiger partial charge in [0.05, 0.1) is 12.6 Å². The summed E-state index contributed by atoms with van der Waals surface area (Å²) in [5.41, 5.74) is 2.09. The number of piperazine rings is 1. The largest absolute Gasteiger partial charge is 0.353 e. The Morgan fingerprint density at radius 3 is 2.19 bits per heavy atom. The number of hydrogen-bond acceptors (Lipinski definition) is 4. The van der Waals surface area contributed by atoms with Crippen LogP contribution in [0.15, 0.2) is 24.3 Å². The number of anilines is 1. The minimum absolute atomic E-state index is 0.0141. The highest BCUT2D eigenvalue weighted by molar-refractivity contribution is 5.94. The Morgan fingerprint density at radius 1 is 1.04 bits per heavy atom. The van der Waals surface area contributed by atoms with Crippen LogP contribution in [0.25, 0.3) is 0 Å². The predicted octanol–water partition coefficient (Wildman–Crippen LogP) is 1.72. The summed E-state index contributed by atoms with van der Waals surface area (Å²) < 4.78 is 0.